The Kier molecular flexibility index (Phi) is 8.46. The fourth-order valence-electron chi connectivity index (χ4n) is 2.09. The van der Waals surface area contributed by atoms with Crippen LogP contribution in [0.2, 0.25) is 0 Å². The van der Waals surface area contributed by atoms with Crippen molar-refractivity contribution in [2.75, 3.05) is 13.1 Å². The zero-order valence-electron chi connectivity index (χ0n) is 12.4. The molecular formula is C14H28N2O2. The van der Waals surface area contributed by atoms with Gasteiger partial charge < -0.3 is 10.4 Å². The molecule has 1 unspecified atom stereocenters. The SMILES string of the molecule is CCCC(N/C(CC)=C(\C)C(=O)O)N(CC)CC. The Labute approximate surface area is 111 Å². The van der Waals surface area contributed by atoms with Crippen molar-refractivity contribution >= 4 is 5.97 Å². The van der Waals surface area contributed by atoms with E-state index in [0.29, 0.717) is 5.57 Å². The number of carbonyl (C=O) groups is 1. The van der Waals surface area contributed by atoms with Crippen LogP contribution in [0, 0.1) is 0 Å². The van der Waals surface area contributed by atoms with Gasteiger partial charge in [0, 0.05) is 5.70 Å². The van der Waals surface area contributed by atoms with Gasteiger partial charge in [0.25, 0.3) is 0 Å². The number of aliphatic carboxylic acids is 1. The van der Waals surface area contributed by atoms with E-state index in [4.69, 9.17) is 5.11 Å². The van der Waals surface area contributed by atoms with E-state index in [1.54, 1.807) is 6.92 Å². The van der Waals surface area contributed by atoms with Crippen LogP contribution >= 0.6 is 0 Å². The van der Waals surface area contributed by atoms with Crippen LogP contribution in [0.5, 0.6) is 0 Å². The molecule has 0 radical (unpaired) electrons. The van der Waals surface area contributed by atoms with Crippen LogP contribution in [0.4, 0.5) is 0 Å². The first kappa shape index (κ1) is 17.0. The normalized spacial score (nSPS) is 14.3. The molecule has 0 aliphatic rings. The van der Waals surface area contributed by atoms with Crippen LogP contribution in [-0.2, 0) is 4.79 Å². The van der Waals surface area contributed by atoms with E-state index >= 15 is 0 Å². The summed E-state index contributed by atoms with van der Waals surface area (Å²) in [5.41, 5.74) is 1.26. The summed E-state index contributed by atoms with van der Waals surface area (Å²) in [6.07, 6.45) is 3.06. The largest absolute Gasteiger partial charge is 0.478 e. The van der Waals surface area contributed by atoms with E-state index in [1.807, 2.05) is 6.92 Å². The number of nitrogens with zero attached hydrogens (tertiary/aromatic N) is 1. The minimum atomic E-state index is -0.839. The lowest BCUT2D eigenvalue weighted by Gasteiger charge is -2.32. The van der Waals surface area contributed by atoms with E-state index in [0.717, 1.165) is 38.0 Å². The third-order valence-corrected chi connectivity index (χ3v) is 3.28. The van der Waals surface area contributed by atoms with Gasteiger partial charge in [0.05, 0.1) is 11.7 Å². The maximum Gasteiger partial charge on any atom is 0.333 e. The van der Waals surface area contributed by atoms with Crippen LogP contribution in [0.15, 0.2) is 11.3 Å². The average molecular weight is 256 g/mol. The van der Waals surface area contributed by atoms with Crippen molar-refractivity contribution in [2.24, 2.45) is 0 Å². The summed E-state index contributed by atoms with van der Waals surface area (Å²) in [6, 6.07) is 0. The fraction of sp³-hybridized carbons (Fsp3) is 0.786. The van der Waals surface area contributed by atoms with Crippen molar-refractivity contribution in [1.82, 2.24) is 10.2 Å². The van der Waals surface area contributed by atoms with Gasteiger partial charge in [-0.25, -0.2) is 4.79 Å². The predicted molar refractivity (Wildman–Crippen MR) is 75.4 cm³/mol. The van der Waals surface area contributed by atoms with Crippen LogP contribution in [0.25, 0.3) is 0 Å². The molecule has 2 N–H and O–H groups in total. The number of allylic oxidation sites excluding steroid dienone is 1. The number of hydrogen-bond acceptors (Lipinski definition) is 3. The number of carboxylic acids is 1. The first-order valence-electron chi connectivity index (χ1n) is 6.95. The molecule has 0 aromatic rings. The molecule has 0 spiro atoms. The first-order valence-corrected chi connectivity index (χ1v) is 6.95. The van der Waals surface area contributed by atoms with Crippen LogP contribution < -0.4 is 5.32 Å². The molecule has 4 heteroatoms. The fourth-order valence-corrected chi connectivity index (χ4v) is 2.09. The highest BCUT2D eigenvalue weighted by Crippen LogP contribution is 2.11. The zero-order chi connectivity index (χ0) is 14.1. The topological polar surface area (TPSA) is 52.6 Å². The summed E-state index contributed by atoms with van der Waals surface area (Å²) in [5, 5.41) is 12.5. The zero-order valence-corrected chi connectivity index (χ0v) is 12.4. The van der Waals surface area contributed by atoms with Gasteiger partial charge in [0.1, 0.15) is 0 Å². The molecule has 0 heterocycles. The molecule has 0 aromatic carbocycles. The number of hydrogen-bond donors (Lipinski definition) is 2. The highest BCUT2D eigenvalue weighted by atomic mass is 16.4. The maximum atomic E-state index is 11.0. The second-order valence-corrected chi connectivity index (χ2v) is 4.43. The lowest BCUT2D eigenvalue weighted by atomic mass is 10.1. The van der Waals surface area contributed by atoms with E-state index < -0.39 is 5.97 Å². The lowest BCUT2D eigenvalue weighted by Crippen LogP contribution is -2.45. The number of carboxylic acid groups (broad SMARTS) is 1. The molecule has 18 heavy (non-hydrogen) atoms. The standard InChI is InChI=1S/C14H28N2O2/c1-6-10-13(16(8-3)9-4)15-12(7-2)11(5)14(17)18/h13,15H,6-10H2,1-5H3,(H,17,18)/b12-11+. The number of nitrogens with one attached hydrogen (secondary N) is 1. The average Bonchev–Trinajstić information content (AvgIpc) is 2.36. The molecular weight excluding hydrogens is 228 g/mol. The van der Waals surface area contributed by atoms with E-state index in [1.165, 1.54) is 0 Å². The van der Waals surface area contributed by atoms with Crippen molar-refractivity contribution in [3.63, 3.8) is 0 Å². The third kappa shape index (κ3) is 5.08. The molecule has 1 atom stereocenters. The smallest absolute Gasteiger partial charge is 0.333 e. The monoisotopic (exact) mass is 256 g/mol. The summed E-state index contributed by atoms with van der Waals surface area (Å²) in [5.74, 6) is -0.839. The van der Waals surface area contributed by atoms with Gasteiger partial charge >= 0.3 is 5.97 Å². The summed E-state index contributed by atoms with van der Waals surface area (Å²) < 4.78 is 0. The van der Waals surface area contributed by atoms with E-state index in [2.05, 4.69) is 31.0 Å². The second kappa shape index (κ2) is 8.97. The van der Waals surface area contributed by atoms with Crippen LogP contribution in [0.1, 0.15) is 53.9 Å². The van der Waals surface area contributed by atoms with Gasteiger partial charge in [0.15, 0.2) is 0 Å². The van der Waals surface area contributed by atoms with Crippen LogP contribution in [-0.4, -0.2) is 35.2 Å². The van der Waals surface area contributed by atoms with Gasteiger partial charge in [-0.1, -0.05) is 34.1 Å². The molecule has 106 valence electrons. The Morgan fingerprint density at radius 1 is 1.22 bits per heavy atom. The highest BCUT2D eigenvalue weighted by molar-refractivity contribution is 5.86. The molecule has 0 saturated heterocycles. The van der Waals surface area contributed by atoms with Crippen molar-refractivity contribution in [2.45, 2.75) is 60.0 Å². The molecule has 0 amide bonds. The Balaban J connectivity index is 4.94. The summed E-state index contributed by atoms with van der Waals surface area (Å²) in [4.78, 5) is 13.4. The molecule has 0 fully saturated rings. The van der Waals surface area contributed by atoms with E-state index in [-0.39, 0.29) is 6.17 Å². The maximum absolute atomic E-state index is 11.0. The van der Waals surface area contributed by atoms with Crippen molar-refractivity contribution in [1.29, 1.82) is 0 Å². The van der Waals surface area contributed by atoms with E-state index in [9.17, 15) is 4.79 Å². The highest BCUT2D eigenvalue weighted by Gasteiger charge is 2.17. The van der Waals surface area contributed by atoms with Crippen LogP contribution in [0.3, 0.4) is 0 Å². The second-order valence-electron chi connectivity index (χ2n) is 4.43. The Morgan fingerprint density at radius 3 is 2.11 bits per heavy atom. The minimum absolute atomic E-state index is 0.231. The van der Waals surface area contributed by atoms with Gasteiger partial charge in [-0.15, -0.1) is 0 Å². The van der Waals surface area contributed by atoms with Crippen molar-refractivity contribution in [3.05, 3.63) is 11.3 Å². The summed E-state index contributed by atoms with van der Waals surface area (Å²) >= 11 is 0. The first-order chi connectivity index (χ1) is 8.51. The summed E-state index contributed by atoms with van der Waals surface area (Å²) in [7, 11) is 0. The Bertz CT molecular complexity index is 284. The van der Waals surface area contributed by atoms with Gasteiger partial charge in [-0.2, -0.15) is 0 Å². The predicted octanol–water partition coefficient (Wildman–Crippen LogP) is 2.81. The molecule has 0 bridgehead atoms. The molecule has 0 rings (SSSR count). The number of rotatable bonds is 9. The summed E-state index contributed by atoms with van der Waals surface area (Å²) in [6.45, 7) is 12.0. The minimum Gasteiger partial charge on any atom is -0.478 e. The molecule has 0 aromatic heterocycles. The molecule has 0 aliphatic heterocycles. The quantitative estimate of drug-likeness (QED) is 0.492. The van der Waals surface area contributed by atoms with Gasteiger partial charge in [-0.3, -0.25) is 4.90 Å². The third-order valence-electron chi connectivity index (χ3n) is 3.28. The molecule has 4 nitrogen and oxygen atoms in total. The Morgan fingerprint density at radius 2 is 1.78 bits per heavy atom. The van der Waals surface area contributed by atoms with Gasteiger partial charge in [0.2, 0.25) is 0 Å². The lowest BCUT2D eigenvalue weighted by molar-refractivity contribution is -0.132. The van der Waals surface area contributed by atoms with Gasteiger partial charge in [-0.05, 0) is 32.9 Å². The Hall–Kier alpha value is -1.03. The molecule has 0 saturated carbocycles. The van der Waals surface area contributed by atoms with Crippen molar-refractivity contribution in [3.8, 4) is 0 Å². The van der Waals surface area contributed by atoms with Crippen molar-refractivity contribution < 1.29 is 9.90 Å². The molecule has 0 aliphatic carbocycles.